The molecule has 3 N–H and O–H groups in total. The Hall–Kier alpha value is -2.30. The second-order valence-electron chi connectivity index (χ2n) is 4.67. The normalized spacial score (nSPS) is 12.4. The van der Waals surface area contributed by atoms with E-state index < -0.39 is 0 Å². The van der Waals surface area contributed by atoms with E-state index in [1.807, 2.05) is 42.5 Å². The third kappa shape index (κ3) is 2.66. The number of rotatable bonds is 4. The van der Waals surface area contributed by atoms with E-state index >= 15 is 0 Å². The fraction of sp³-hybridized carbons (Fsp3) is 0.125. The van der Waals surface area contributed by atoms with Crippen molar-refractivity contribution in [1.82, 2.24) is 15.4 Å². The summed E-state index contributed by atoms with van der Waals surface area (Å²) in [7, 11) is 0. The lowest BCUT2D eigenvalue weighted by molar-refractivity contribution is 0.534. The van der Waals surface area contributed by atoms with Crippen LogP contribution in [0.1, 0.15) is 17.4 Å². The average molecular weight is 264 g/mol. The van der Waals surface area contributed by atoms with Gasteiger partial charge in [-0.25, -0.2) is 0 Å². The predicted octanol–water partition coefficient (Wildman–Crippen LogP) is 2.38. The van der Waals surface area contributed by atoms with Crippen LogP contribution < -0.4 is 11.3 Å². The van der Waals surface area contributed by atoms with Crippen molar-refractivity contribution in [1.29, 1.82) is 0 Å². The molecule has 1 aromatic carbocycles. The van der Waals surface area contributed by atoms with E-state index in [1.54, 1.807) is 6.20 Å². The molecule has 1 unspecified atom stereocenters. The van der Waals surface area contributed by atoms with Crippen LogP contribution in [0.5, 0.6) is 0 Å². The molecule has 0 bridgehead atoms. The fourth-order valence-electron chi connectivity index (χ4n) is 2.25. The molecule has 2 aromatic heterocycles. The van der Waals surface area contributed by atoms with Crippen LogP contribution >= 0.6 is 0 Å². The maximum Gasteiger partial charge on any atom is 0.0706 e. The first-order valence-electron chi connectivity index (χ1n) is 6.58. The molecule has 3 aromatic rings. The maximum atomic E-state index is 5.68. The van der Waals surface area contributed by atoms with E-state index in [1.165, 1.54) is 0 Å². The van der Waals surface area contributed by atoms with Crippen LogP contribution in [-0.2, 0) is 6.42 Å². The molecule has 4 heteroatoms. The quantitative estimate of drug-likeness (QED) is 0.561. The summed E-state index contributed by atoms with van der Waals surface area (Å²) < 4.78 is 0. The number of hydrogen-bond donors (Lipinski definition) is 2. The summed E-state index contributed by atoms with van der Waals surface area (Å²) in [6, 6.07) is 18.0. The third-order valence-electron chi connectivity index (χ3n) is 3.32. The summed E-state index contributed by atoms with van der Waals surface area (Å²) in [4.78, 5) is 9.00. The van der Waals surface area contributed by atoms with Crippen LogP contribution in [0.4, 0.5) is 0 Å². The largest absolute Gasteiger partial charge is 0.271 e. The summed E-state index contributed by atoms with van der Waals surface area (Å²) in [5.41, 5.74) is 5.73. The third-order valence-corrected chi connectivity index (χ3v) is 3.32. The first kappa shape index (κ1) is 12.7. The molecule has 4 nitrogen and oxygen atoms in total. The lowest BCUT2D eigenvalue weighted by atomic mass is 10.1. The van der Waals surface area contributed by atoms with Crippen molar-refractivity contribution in [3.8, 4) is 0 Å². The van der Waals surface area contributed by atoms with Gasteiger partial charge in [-0.2, -0.15) is 0 Å². The second kappa shape index (κ2) is 5.77. The number of para-hydroxylation sites is 1. The van der Waals surface area contributed by atoms with E-state index in [0.29, 0.717) is 6.42 Å². The molecule has 0 aliphatic rings. The van der Waals surface area contributed by atoms with Crippen molar-refractivity contribution < 1.29 is 0 Å². The molecule has 0 spiro atoms. The van der Waals surface area contributed by atoms with Crippen LogP contribution in [0.3, 0.4) is 0 Å². The number of benzene rings is 1. The molecular formula is C16H16N4. The van der Waals surface area contributed by atoms with Gasteiger partial charge in [0, 0.05) is 23.7 Å². The number of nitrogens with zero attached hydrogens (tertiary/aromatic N) is 2. The van der Waals surface area contributed by atoms with E-state index in [2.05, 4.69) is 27.5 Å². The van der Waals surface area contributed by atoms with Crippen molar-refractivity contribution >= 4 is 10.9 Å². The minimum Gasteiger partial charge on any atom is -0.271 e. The van der Waals surface area contributed by atoms with Crippen LogP contribution in [0, 0.1) is 0 Å². The van der Waals surface area contributed by atoms with Gasteiger partial charge >= 0.3 is 0 Å². The molecule has 0 aliphatic heterocycles. The van der Waals surface area contributed by atoms with Gasteiger partial charge in [0.25, 0.3) is 0 Å². The average Bonchev–Trinajstić information content (AvgIpc) is 2.53. The van der Waals surface area contributed by atoms with Crippen molar-refractivity contribution in [2.24, 2.45) is 5.84 Å². The smallest absolute Gasteiger partial charge is 0.0706 e. The lowest BCUT2D eigenvalue weighted by Gasteiger charge is -2.15. The van der Waals surface area contributed by atoms with Crippen molar-refractivity contribution in [2.45, 2.75) is 12.5 Å². The molecule has 20 heavy (non-hydrogen) atoms. The number of hydrazine groups is 1. The summed E-state index contributed by atoms with van der Waals surface area (Å²) in [5.74, 6) is 5.68. The summed E-state index contributed by atoms with van der Waals surface area (Å²) in [6.07, 6.45) is 2.50. The molecule has 0 aliphatic carbocycles. The Morgan fingerprint density at radius 3 is 2.65 bits per heavy atom. The monoisotopic (exact) mass is 264 g/mol. The van der Waals surface area contributed by atoms with Gasteiger partial charge in [-0.15, -0.1) is 0 Å². The molecule has 0 saturated heterocycles. The van der Waals surface area contributed by atoms with Crippen LogP contribution in [0.25, 0.3) is 10.9 Å². The molecule has 100 valence electrons. The van der Waals surface area contributed by atoms with E-state index in [-0.39, 0.29) is 6.04 Å². The van der Waals surface area contributed by atoms with Gasteiger partial charge in [0.2, 0.25) is 0 Å². The highest BCUT2D eigenvalue weighted by Crippen LogP contribution is 2.18. The van der Waals surface area contributed by atoms with Crippen molar-refractivity contribution in [2.75, 3.05) is 0 Å². The molecule has 0 saturated carbocycles. The number of aromatic nitrogens is 2. The summed E-state index contributed by atoms with van der Waals surface area (Å²) >= 11 is 0. The topological polar surface area (TPSA) is 63.8 Å². The van der Waals surface area contributed by atoms with Gasteiger partial charge in [-0.05, 0) is 24.3 Å². The Kier molecular flexibility index (Phi) is 3.67. The summed E-state index contributed by atoms with van der Waals surface area (Å²) in [5, 5.41) is 1.13. The first-order chi connectivity index (χ1) is 9.86. The number of fused-ring (bicyclic) bond motifs is 1. The number of hydrogen-bond acceptors (Lipinski definition) is 4. The Bertz CT molecular complexity index is 697. The van der Waals surface area contributed by atoms with E-state index in [4.69, 9.17) is 5.84 Å². The predicted molar refractivity (Wildman–Crippen MR) is 79.7 cm³/mol. The van der Waals surface area contributed by atoms with Crippen molar-refractivity contribution in [3.63, 3.8) is 0 Å². The maximum absolute atomic E-state index is 5.68. The molecule has 2 heterocycles. The van der Waals surface area contributed by atoms with Gasteiger partial charge in [-0.1, -0.05) is 30.3 Å². The Balaban J connectivity index is 1.91. The highest BCUT2D eigenvalue weighted by molar-refractivity contribution is 5.78. The highest BCUT2D eigenvalue weighted by atomic mass is 15.2. The molecular weight excluding hydrogens is 248 g/mol. The minimum atomic E-state index is -0.0468. The van der Waals surface area contributed by atoms with Gasteiger partial charge in [0.05, 0.1) is 17.3 Å². The summed E-state index contributed by atoms with van der Waals surface area (Å²) in [6.45, 7) is 0. The Labute approximate surface area is 117 Å². The lowest BCUT2D eigenvalue weighted by Crippen LogP contribution is -2.30. The van der Waals surface area contributed by atoms with Crippen molar-refractivity contribution in [3.05, 3.63) is 72.2 Å². The van der Waals surface area contributed by atoms with Crippen LogP contribution in [0.15, 0.2) is 60.8 Å². The van der Waals surface area contributed by atoms with E-state index in [9.17, 15) is 0 Å². The fourth-order valence-corrected chi connectivity index (χ4v) is 2.25. The minimum absolute atomic E-state index is 0.0468. The van der Waals surface area contributed by atoms with Crippen LogP contribution in [-0.4, -0.2) is 9.97 Å². The zero-order valence-corrected chi connectivity index (χ0v) is 11.0. The second-order valence-corrected chi connectivity index (χ2v) is 4.67. The first-order valence-corrected chi connectivity index (χ1v) is 6.58. The highest BCUT2D eigenvalue weighted by Gasteiger charge is 2.13. The molecule has 1 atom stereocenters. The van der Waals surface area contributed by atoms with Gasteiger partial charge in [0.1, 0.15) is 0 Å². The standard InChI is InChI=1S/C16H16N4/c17-20-16(11-13-6-3-4-10-18-13)15-9-8-12-5-1-2-7-14(12)19-15/h1-10,16,20H,11,17H2. The van der Waals surface area contributed by atoms with Gasteiger partial charge < -0.3 is 0 Å². The SMILES string of the molecule is NNC(Cc1ccccn1)c1ccc2ccccc2n1. The zero-order valence-electron chi connectivity index (χ0n) is 11.0. The van der Waals surface area contributed by atoms with E-state index in [0.717, 1.165) is 22.3 Å². The number of nitrogens with two attached hydrogens (primary N) is 1. The number of nitrogens with one attached hydrogen (secondary N) is 1. The zero-order chi connectivity index (χ0) is 13.8. The van der Waals surface area contributed by atoms with Gasteiger partial charge in [0.15, 0.2) is 0 Å². The molecule has 3 rings (SSSR count). The molecule has 0 amide bonds. The Morgan fingerprint density at radius 1 is 1.00 bits per heavy atom. The van der Waals surface area contributed by atoms with Gasteiger partial charge in [-0.3, -0.25) is 21.2 Å². The number of pyridine rings is 2. The Morgan fingerprint density at radius 2 is 1.85 bits per heavy atom. The molecule has 0 fully saturated rings. The van der Waals surface area contributed by atoms with Crippen LogP contribution in [0.2, 0.25) is 0 Å². The molecule has 0 radical (unpaired) electrons.